The van der Waals surface area contributed by atoms with Crippen LogP contribution in [0.15, 0.2) is 47.3 Å². The molecule has 3 rings (SSSR count). The maximum atomic E-state index is 12.9. The summed E-state index contributed by atoms with van der Waals surface area (Å²) in [4.78, 5) is 27.9. The smallest absolute Gasteiger partial charge is 0.268 e. The summed E-state index contributed by atoms with van der Waals surface area (Å²) in [6.45, 7) is 7.83. The van der Waals surface area contributed by atoms with Crippen molar-refractivity contribution < 1.29 is 4.92 Å². The van der Waals surface area contributed by atoms with E-state index in [1.165, 1.54) is 22.8 Å². The third-order valence-electron chi connectivity index (χ3n) is 3.69. The monoisotopic (exact) mass is 373 g/mol. The molecular formula is C19H20ClN3O3. The van der Waals surface area contributed by atoms with Gasteiger partial charge in [-0.3, -0.25) is 19.5 Å². The van der Waals surface area contributed by atoms with Crippen molar-refractivity contribution in [1.82, 2.24) is 9.55 Å². The minimum absolute atomic E-state index is 0.0444. The molecule has 0 amide bonds. The Balaban J connectivity index is 0.00000117. The average molecular weight is 374 g/mol. The highest BCUT2D eigenvalue weighted by Gasteiger charge is 2.17. The molecule has 0 aliphatic rings. The normalized spacial score (nSPS) is 10.5. The number of nitro groups is 1. The summed E-state index contributed by atoms with van der Waals surface area (Å²) < 4.78 is 1.52. The molecule has 0 bridgehead atoms. The third kappa shape index (κ3) is 3.75. The van der Waals surface area contributed by atoms with E-state index in [2.05, 4.69) is 4.98 Å². The van der Waals surface area contributed by atoms with Crippen LogP contribution in [-0.2, 0) is 0 Å². The topological polar surface area (TPSA) is 78.0 Å². The van der Waals surface area contributed by atoms with E-state index < -0.39 is 4.92 Å². The summed E-state index contributed by atoms with van der Waals surface area (Å²) in [5, 5.41) is 11.9. The van der Waals surface area contributed by atoms with Gasteiger partial charge < -0.3 is 0 Å². The molecule has 0 radical (unpaired) electrons. The standard InChI is InChI=1S/C17H14ClN3O3.C2H6/c1-10(2)16-19-15-9-13(21(23)24)7-8-14(15)17(22)20(16)12-5-3-11(18)4-6-12;1-2/h3-10H,1-2H3;1-2H3. The molecule has 1 aromatic heterocycles. The van der Waals surface area contributed by atoms with Crippen molar-refractivity contribution in [3.8, 4) is 5.69 Å². The highest BCUT2D eigenvalue weighted by Crippen LogP contribution is 2.22. The Morgan fingerprint density at radius 3 is 2.27 bits per heavy atom. The lowest BCUT2D eigenvalue weighted by Crippen LogP contribution is -2.24. The van der Waals surface area contributed by atoms with Gasteiger partial charge in [0.15, 0.2) is 0 Å². The van der Waals surface area contributed by atoms with E-state index in [9.17, 15) is 14.9 Å². The molecule has 7 heteroatoms. The van der Waals surface area contributed by atoms with Gasteiger partial charge in [-0.25, -0.2) is 4.98 Å². The largest absolute Gasteiger partial charge is 0.271 e. The molecule has 0 unspecified atom stereocenters. The van der Waals surface area contributed by atoms with Crippen LogP contribution in [0.4, 0.5) is 5.69 Å². The van der Waals surface area contributed by atoms with Crippen molar-refractivity contribution in [1.29, 1.82) is 0 Å². The van der Waals surface area contributed by atoms with E-state index in [4.69, 9.17) is 11.6 Å². The molecule has 0 atom stereocenters. The average Bonchev–Trinajstić information content (AvgIpc) is 2.63. The van der Waals surface area contributed by atoms with E-state index in [1.54, 1.807) is 24.3 Å². The van der Waals surface area contributed by atoms with Crippen molar-refractivity contribution >= 4 is 28.2 Å². The SMILES string of the molecule is CC.CC(C)c1nc2cc([N+](=O)[O-])ccc2c(=O)n1-c1ccc(Cl)cc1. The van der Waals surface area contributed by atoms with Crippen LogP contribution in [0.25, 0.3) is 16.6 Å². The van der Waals surface area contributed by atoms with Crippen molar-refractivity contribution in [2.75, 3.05) is 0 Å². The predicted molar refractivity (Wildman–Crippen MR) is 104 cm³/mol. The minimum Gasteiger partial charge on any atom is -0.268 e. The van der Waals surface area contributed by atoms with Gasteiger partial charge in [-0.1, -0.05) is 39.3 Å². The molecule has 3 aromatic rings. The van der Waals surface area contributed by atoms with Gasteiger partial charge in [0.1, 0.15) is 5.82 Å². The van der Waals surface area contributed by atoms with Gasteiger partial charge in [0.2, 0.25) is 0 Å². The lowest BCUT2D eigenvalue weighted by atomic mass is 10.1. The Kier molecular flexibility index (Phi) is 6.10. The summed E-state index contributed by atoms with van der Waals surface area (Å²) in [7, 11) is 0. The molecule has 136 valence electrons. The van der Waals surface area contributed by atoms with E-state index in [-0.39, 0.29) is 17.2 Å². The summed E-state index contributed by atoms with van der Waals surface area (Å²) in [6, 6.07) is 11.0. The van der Waals surface area contributed by atoms with E-state index in [0.29, 0.717) is 27.4 Å². The fourth-order valence-electron chi connectivity index (χ4n) is 2.53. The molecule has 26 heavy (non-hydrogen) atoms. The highest BCUT2D eigenvalue weighted by atomic mass is 35.5. The molecule has 2 aromatic carbocycles. The van der Waals surface area contributed by atoms with Crippen LogP contribution in [0.3, 0.4) is 0 Å². The summed E-state index contributed by atoms with van der Waals surface area (Å²) >= 11 is 5.92. The van der Waals surface area contributed by atoms with Crippen LogP contribution < -0.4 is 5.56 Å². The molecule has 0 N–H and O–H groups in total. The number of fused-ring (bicyclic) bond motifs is 1. The first kappa shape index (κ1) is 19.6. The zero-order valence-corrected chi connectivity index (χ0v) is 15.8. The molecule has 0 aliphatic carbocycles. The quantitative estimate of drug-likeness (QED) is 0.472. The summed E-state index contributed by atoms with van der Waals surface area (Å²) in [6.07, 6.45) is 0. The van der Waals surface area contributed by atoms with Crippen LogP contribution in [0.2, 0.25) is 5.02 Å². The fraction of sp³-hybridized carbons (Fsp3) is 0.263. The number of hydrogen-bond acceptors (Lipinski definition) is 4. The number of aromatic nitrogens is 2. The van der Waals surface area contributed by atoms with E-state index in [0.717, 1.165) is 0 Å². The second-order valence-electron chi connectivity index (χ2n) is 5.70. The number of nitrogens with zero attached hydrogens (tertiary/aromatic N) is 3. The zero-order chi connectivity index (χ0) is 19.4. The van der Waals surface area contributed by atoms with Gasteiger partial charge in [0.05, 0.1) is 21.5 Å². The highest BCUT2D eigenvalue weighted by molar-refractivity contribution is 6.30. The Morgan fingerprint density at radius 1 is 1.12 bits per heavy atom. The van der Waals surface area contributed by atoms with E-state index in [1.807, 2.05) is 27.7 Å². The predicted octanol–water partition coefficient (Wildman–Crippen LogP) is 5.10. The van der Waals surface area contributed by atoms with Crippen LogP contribution in [-0.4, -0.2) is 14.5 Å². The lowest BCUT2D eigenvalue weighted by molar-refractivity contribution is -0.384. The van der Waals surface area contributed by atoms with Crippen molar-refractivity contribution in [2.24, 2.45) is 0 Å². The van der Waals surface area contributed by atoms with Crippen LogP contribution >= 0.6 is 11.6 Å². The number of rotatable bonds is 3. The number of halogens is 1. The molecule has 1 heterocycles. The molecule has 0 spiro atoms. The first-order valence-corrected chi connectivity index (χ1v) is 8.73. The maximum absolute atomic E-state index is 12.9. The summed E-state index contributed by atoms with van der Waals surface area (Å²) in [5.74, 6) is 0.493. The van der Waals surface area contributed by atoms with Gasteiger partial charge in [-0.2, -0.15) is 0 Å². The van der Waals surface area contributed by atoms with Gasteiger partial charge in [0.25, 0.3) is 11.2 Å². The van der Waals surface area contributed by atoms with Crippen molar-refractivity contribution in [3.63, 3.8) is 0 Å². The minimum atomic E-state index is -0.499. The first-order valence-electron chi connectivity index (χ1n) is 8.35. The number of nitro benzene ring substituents is 1. The molecule has 0 aliphatic heterocycles. The fourth-order valence-corrected chi connectivity index (χ4v) is 2.66. The Bertz CT molecular complexity index is 995. The first-order chi connectivity index (χ1) is 12.4. The Labute approximate surface area is 156 Å². The Morgan fingerprint density at radius 2 is 1.73 bits per heavy atom. The third-order valence-corrected chi connectivity index (χ3v) is 3.94. The molecule has 6 nitrogen and oxygen atoms in total. The number of hydrogen-bond donors (Lipinski definition) is 0. The second-order valence-corrected chi connectivity index (χ2v) is 6.14. The van der Waals surface area contributed by atoms with Crippen LogP contribution in [0, 0.1) is 10.1 Å². The molecule has 0 saturated heterocycles. The zero-order valence-electron chi connectivity index (χ0n) is 15.1. The lowest BCUT2D eigenvalue weighted by Gasteiger charge is -2.16. The second kappa shape index (κ2) is 8.10. The summed E-state index contributed by atoms with van der Waals surface area (Å²) in [5.41, 5.74) is 0.623. The number of non-ortho nitro benzene ring substituents is 1. The van der Waals surface area contributed by atoms with Gasteiger partial charge in [0, 0.05) is 23.1 Å². The number of benzene rings is 2. The van der Waals surface area contributed by atoms with Crippen LogP contribution in [0.5, 0.6) is 0 Å². The van der Waals surface area contributed by atoms with Gasteiger partial charge >= 0.3 is 0 Å². The van der Waals surface area contributed by atoms with Crippen molar-refractivity contribution in [3.05, 3.63) is 73.8 Å². The molecule has 0 saturated carbocycles. The molecular weight excluding hydrogens is 354 g/mol. The maximum Gasteiger partial charge on any atom is 0.271 e. The van der Waals surface area contributed by atoms with E-state index >= 15 is 0 Å². The van der Waals surface area contributed by atoms with Gasteiger partial charge in [-0.15, -0.1) is 0 Å². The van der Waals surface area contributed by atoms with Crippen LogP contribution in [0.1, 0.15) is 39.4 Å². The Hall–Kier alpha value is -2.73. The van der Waals surface area contributed by atoms with Gasteiger partial charge in [-0.05, 0) is 30.3 Å². The molecule has 0 fully saturated rings. The van der Waals surface area contributed by atoms with Crippen molar-refractivity contribution in [2.45, 2.75) is 33.6 Å².